The number of amides is 1. The highest BCUT2D eigenvalue weighted by molar-refractivity contribution is 5.81. The molecule has 0 saturated carbocycles. The first kappa shape index (κ1) is 21.2. The highest BCUT2D eigenvalue weighted by Gasteiger charge is 2.39. The molecule has 1 heterocycles. The maximum absolute atomic E-state index is 13.0. The van der Waals surface area contributed by atoms with E-state index >= 15 is 0 Å². The zero-order valence-corrected chi connectivity index (χ0v) is 18.2. The van der Waals surface area contributed by atoms with Gasteiger partial charge in [-0.25, -0.2) is 0 Å². The minimum Gasteiger partial charge on any atom is -0.487 e. The van der Waals surface area contributed by atoms with Gasteiger partial charge in [-0.3, -0.25) is 4.79 Å². The summed E-state index contributed by atoms with van der Waals surface area (Å²) < 4.78 is 12.4. The summed E-state index contributed by atoms with van der Waals surface area (Å²) in [4.78, 5) is 13.0. The number of hydrogen-bond acceptors (Lipinski definition) is 3. The van der Waals surface area contributed by atoms with Crippen LogP contribution in [0.3, 0.4) is 0 Å². The van der Waals surface area contributed by atoms with Gasteiger partial charge in [-0.1, -0.05) is 64.1 Å². The predicted molar refractivity (Wildman–Crippen MR) is 117 cm³/mol. The van der Waals surface area contributed by atoms with Gasteiger partial charge in [0.2, 0.25) is 0 Å². The van der Waals surface area contributed by atoms with Crippen LogP contribution in [-0.4, -0.2) is 17.6 Å². The van der Waals surface area contributed by atoms with Crippen molar-refractivity contribution in [3.8, 4) is 11.5 Å². The third kappa shape index (κ3) is 4.58. The van der Waals surface area contributed by atoms with E-state index in [-0.39, 0.29) is 17.6 Å². The maximum Gasteiger partial charge on any atom is 0.261 e. The normalized spacial score (nSPS) is 18.5. The molecule has 2 atom stereocenters. The quantitative estimate of drug-likeness (QED) is 0.647. The molecule has 2 aromatic carbocycles. The predicted octanol–water partition coefficient (Wildman–Crippen LogP) is 5.78. The van der Waals surface area contributed by atoms with E-state index in [1.54, 1.807) is 0 Å². The second kappa shape index (κ2) is 8.89. The third-order valence-corrected chi connectivity index (χ3v) is 6.02. The lowest BCUT2D eigenvalue weighted by Crippen LogP contribution is -2.47. The van der Waals surface area contributed by atoms with Gasteiger partial charge in [0.05, 0.1) is 6.04 Å². The Morgan fingerprint density at radius 1 is 1.10 bits per heavy atom. The van der Waals surface area contributed by atoms with Gasteiger partial charge in [-0.2, -0.15) is 0 Å². The number of fused-ring (bicyclic) bond motifs is 1. The largest absolute Gasteiger partial charge is 0.487 e. The van der Waals surface area contributed by atoms with Crippen molar-refractivity contribution in [3.05, 3.63) is 59.7 Å². The summed E-state index contributed by atoms with van der Waals surface area (Å²) in [6, 6.07) is 15.8. The van der Waals surface area contributed by atoms with Crippen molar-refractivity contribution in [2.24, 2.45) is 0 Å². The standard InChI is InChI=1S/C25H33NO3/c1-6-25(7-2)16-21(20-13-9-11-15-23(20)29-25)26-24(27)18(5)28-22-14-10-8-12-19(22)17(3)4/h8-15,17-18,21H,6-7,16H2,1-5H3,(H,26,27)/t18-,21-/m1/s1. The Labute approximate surface area is 174 Å². The number of carbonyl (C=O) groups excluding carboxylic acids is 1. The van der Waals surface area contributed by atoms with E-state index in [9.17, 15) is 4.79 Å². The van der Waals surface area contributed by atoms with Gasteiger partial charge in [-0.05, 0) is 43.4 Å². The van der Waals surface area contributed by atoms with Gasteiger partial charge >= 0.3 is 0 Å². The van der Waals surface area contributed by atoms with Crippen molar-refractivity contribution >= 4 is 5.91 Å². The average molecular weight is 396 g/mol. The molecule has 0 aliphatic carbocycles. The zero-order chi connectivity index (χ0) is 21.0. The fourth-order valence-corrected chi connectivity index (χ4v) is 4.03. The number of nitrogens with one attached hydrogen (secondary N) is 1. The molecular formula is C25H33NO3. The van der Waals surface area contributed by atoms with E-state index in [0.29, 0.717) is 5.92 Å². The van der Waals surface area contributed by atoms with Crippen LogP contribution in [0.15, 0.2) is 48.5 Å². The van der Waals surface area contributed by atoms with Crippen LogP contribution in [0.1, 0.15) is 77.0 Å². The Morgan fingerprint density at radius 2 is 1.76 bits per heavy atom. The molecule has 4 nitrogen and oxygen atoms in total. The Bertz CT molecular complexity index is 841. The minimum atomic E-state index is -0.581. The molecule has 0 saturated heterocycles. The summed E-state index contributed by atoms with van der Waals surface area (Å²) in [6.07, 6.45) is 1.98. The summed E-state index contributed by atoms with van der Waals surface area (Å²) in [5.74, 6) is 1.87. The monoisotopic (exact) mass is 395 g/mol. The fraction of sp³-hybridized carbons (Fsp3) is 0.480. The first-order chi connectivity index (χ1) is 13.9. The van der Waals surface area contributed by atoms with Crippen LogP contribution in [0.25, 0.3) is 0 Å². The molecule has 1 N–H and O–H groups in total. The first-order valence-corrected chi connectivity index (χ1v) is 10.7. The molecule has 156 valence electrons. The zero-order valence-electron chi connectivity index (χ0n) is 18.2. The number of ether oxygens (including phenoxy) is 2. The Morgan fingerprint density at radius 3 is 2.45 bits per heavy atom. The van der Waals surface area contributed by atoms with Gasteiger partial charge in [0, 0.05) is 12.0 Å². The Balaban J connectivity index is 1.77. The third-order valence-electron chi connectivity index (χ3n) is 6.02. The number of para-hydroxylation sites is 2. The van der Waals surface area contributed by atoms with E-state index in [1.165, 1.54) is 0 Å². The first-order valence-electron chi connectivity index (χ1n) is 10.7. The summed E-state index contributed by atoms with van der Waals surface area (Å²) >= 11 is 0. The number of hydrogen-bond donors (Lipinski definition) is 1. The van der Waals surface area contributed by atoms with Crippen molar-refractivity contribution in [2.45, 2.75) is 77.5 Å². The lowest BCUT2D eigenvalue weighted by Gasteiger charge is -2.42. The van der Waals surface area contributed by atoms with Crippen molar-refractivity contribution in [1.29, 1.82) is 0 Å². The van der Waals surface area contributed by atoms with E-state index in [2.05, 4.69) is 39.1 Å². The lowest BCUT2D eigenvalue weighted by atomic mass is 9.83. The number of rotatable bonds is 7. The Hall–Kier alpha value is -2.49. The topological polar surface area (TPSA) is 47.6 Å². The van der Waals surface area contributed by atoms with Gasteiger partial charge in [0.25, 0.3) is 5.91 Å². The van der Waals surface area contributed by atoms with Crippen LogP contribution in [-0.2, 0) is 4.79 Å². The number of benzene rings is 2. The van der Waals surface area contributed by atoms with Gasteiger partial charge in [0.1, 0.15) is 17.1 Å². The highest BCUT2D eigenvalue weighted by atomic mass is 16.5. The van der Waals surface area contributed by atoms with E-state index in [4.69, 9.17) is 9.47 Å². The fourth-order valence-electron chi connectivity index (χ4n) is 4.03. The minimum absolute atomic E-state index is 0.0845. The maximum atomic E-state index is 13.0. The molecule has 3 rings (SSSR count). The summed E-state index contributed by atoms with van der Waals surface area (Å²) in [5.41, 5.74) is 1.90. The van der Waals surface area contributed by atoms with E-state index < -0.39 is 6.10 Å². The van der Waals surface area contributed by atoms with Gasteiger partial charge < -0.3 is 14.8 Å². The molecule has 0 bridgehead atoms. The Kier molecular flexibility index (Phi) is 6.51. The molecule has 4 heteroatoms. The van der Waals surface area contributed by atoms with E-state index in [0.717, 1.165) is 41.9 Å². The molecule has 1 aliphatic heterocycles. The second-order valence-corrected chi connectivity index (χ2v) is 8.25. The summed E-state index contributed by atoms with van der Waals surface area (Å²) in [5, 5.41) is 3.22. The van der Waals surface area contributed by atoms with Crippen LogP contribution in [0.4, 0.5) is 0 Å². The van der Waals surface area contributed by atoms with Crippen molar-refractivity contribution in [1.82, 2.24) is 5.32 Å². The van der Waals surface area contributed by atoms with Gasteiger partial charge in [-0.15, -0.1) is 0 Å². The molecule has 29 heavy (non-hydrogen) atoms. The SMILES string of the molecule is CCC1(CC)C[C@@H](NC(=O)[C@@H](C)Oc2ccccc2C(C)C)c2ccccc2O1. The van der Waals surface area contributed by atoms with Crippen molar-refractivity contribution in [3.63, 3.8) is 0 Å². The van der Waals surface area contributed by atoms with Crippen molar-refractivity contribution in [2.75, 3.05) is 0 Å². The molecule has 0 radical (unpaired) electrons. The van der Waals surface area contributed by atoms with Crippen molar-refractivity contribution < 1.29 is 14.3 Å². The smallest absolute Gasteiger partial charge is 0.261 e. The van der Waals surface area contributed by atoms with Gasteiger partial charge in [0.15, 0.2) is 6.10 Å². The van der Waals surface area contributed by atoms with Crippen LogP contribution in [0.5, 0.6) is 11.5 Å². The molecule has 0 fully saturated rings. The highest BCUT2D eigenvalue weighted by Crippen LogP contribution is 2.42. The molecule has 1 aliphatic rings. The summed E-state index contributed by atoms with van der Waals surface area (Å²) in [6.45, 7) is 10.3. The summed E-state index contributed by atoms with van der Waals surface area (Å²) in [7, 11) is 0. The van der Waals surface area contributed by atoms with Crippen LogP contribution in [0, 0.1) is 0 Å². The van der Waals surface area contributed by atoms with Crippen LogP contribution < -0.4 is 14.8 Å². The molecule has 0 aromatic heterocycles. The van der Waals surface area contributed by atoms with E-state index in [1.807, 2.05) is 49.4 Å². The number of carbonyl (C=O) groups is 1. The molecule has 1 amide bonds. The molecule has 0 unspecified atom stereocenters. The molecule has 2 aromatic rings. The second-order valence-electron chi connectivity index (χ2n) is 8.25. The molecular weight excluding hydrogens is 362 g/mol. The lowest BCUT2D eigenvalue weighted by molar-refractivity contribution is -0.128. The molecule has 0 spiro atoms. The average Bonchev–Trinajstić information content (AvgIpc) is 2.73. The van der Waals surface area contributed by atoms with Crippen LogP contribution in [0.2, 0.25) is 0 Å². The van der Waals surface area contributed by atoms with Crippen LogP contribution >= 0.6 is 0 Å².